The van der Waals surface area contributed by atoms with Gasteiger partial charge in [-0.15, -0.1) is 0 Å². The first-order valence-electron chi connectivity index (χ1n) is 5.99. The highest BCUT2D eigenvalue weighted by atomic mass is 33.1. The molecular weight excluding hydrogens is 340 g/mol. The van der Waals surface area contributed by atoms with Gasteiger partial charge in [-0.2, -0.15) is 8.42 Å². The van der Waals surface area contributed by atoms with Gasteiger partial charge in [0, 0.05) is 16.9 Å². The van der Waals surface area contributed by atoms with Crippen molar-refractivity contribution in [2.24, 2.45) is 5.84 Å². The first kappa shape index (κ1) is 20.5. The molecule has 0 heterocycles. The van der Waals surface area contributed by atoms with Crippen molar-refractivity contribution in [1.29, 1.82) is 0 Å². The van der Waals surface area contributed by atoms with Gasteiger partial charge in [0.15, 0.2) is 5.25 Å². The number of hydrogen-bond donors (Lipinski definition) is 4. The molecule has 21 heavy (non-hydrogen) atoms. The van der Waals surface area contributed by atoms with Crippen LogP contribution in [0.25, 0.3) is 0 Å². The minimum Gasteiger partial charge on any atom is -0.481 e. The maximum absolute atomic E-state index is 11.3. The number of carbonyl (C=O) groups is 2. The lowest BCUT2D eigenvalue weighted by Crippen LogP contribution is -2.43. The third-order valence-electron chi connectivity index (χ3n) is 2.48. The van der Waals surface area contributed by atoms with E-state index < -0.39 is 27.2 Å². The molecule has 1 unspecified atom stereocenters. The molecule has 1 amide bonds. The predicted molar refractivity (Wildman–Crippen MR) is 83.3 cm³/mol. The molecule has 1 atom stereocenters. The molecule has 5 N–H and O–H groups in total. The van der Waals surface area contributed by atoms with E-state index in [-0.39, 0.29) is 17.6 Å². The molecule has 8 nitrogen and oxygen atoms in total. The van der Waals surface area contributed by atoms with E-state index in [1.807, 2.05) is 13.8 Å². The van der Waals surface area contributed by atoms with Gasteiger partial charge in [-0.05, 0) is 26.7 Å². The molecule has 0 aromatic rings. The number of hydrogen-bond acceptors (Lipinski definition) is 7. The number of carboxylic acid groups (broad SMARTS) is 1. The Kier molecular flexibility index (Phi) is 8.63. The van der Waals surface area contributed by atoms with E-state index in [1.165, 1.54) is 21.6 Å². The zero-order valence-electron chi connectivity index (χ0n) is 11.7. The highest BCUT2D eigenvalue weighted by molar-refractivity contribution is 8.77. The number of rotatable bonds is 10. The standard InChI is InChI=1S/C10H20N2O6S3/c1-10(2,5-3-8(13)14)20-19-6-4-7(9(15)12-11)21(16,17)18/h7H,3-6,11H2,1-2H3,(H,12,15)(H,13,14)(H,16,17,18). The second-order valence-electron chi connectivity index (χ2n) is 4.86. The zero-order chi connectivity index (χ0) is 16.7. The second-order valence-corrected chi connectivity index (χ2v) is 9.58. The molecule has 0 aliphatic heterocycles. The lowest BCUT2D eigenvalue weighted by atomic mass is 10.1. The molecule has 0 saturated heterocycles. The van der Waals surface area contributed by atoms with Crippen LogP contribution in [-0.4, -0.2) is 45.7 Å². The quantitative estimate of drug-likeness (QED) is 0.110. The molecule has 0 aliphatic carbocycles. The van der Waals surface area contributed by atoms with Gasteiger partial charge in [0.05, 0.1) is 0 Å². The zero-order valence-corrected chi connectivity index (χ0v) is 14.2. The van der Waals surface area contributed by atoms with Gasteiger partial charge in [-0.3, -0.25) is 19.6 Å². The van der Waals surface area contributed by atoms with Gasteiger partial charge in [-0.25, -0.2) is 5.84 Å². The Balaban J connectivity index is 4.28. The largest absolute Gasteiger partial charge is 0.481 e. The molecule has 0 aromatic heterocycles. The molecule has 0 rings (SSSR count). The van der Waals surface area contributed by atoms with E-state index in [9.17, 15) is 18.0 Å². The van der Waals surface area contributed by atoms with Crippen molar-refractivity contribution in [2.75, 3.05) is 5.75 Å². The minimum atomic E-state index is -4.51. The van der Waals surface area contributed by atoms with Gasteiger partial charge in [0.1, 0.15) is 0 Å². The number of amides is 1. The Hall–Kier alpha value is -0.490. The number of hydrazine groups is 1. The van der Waals surface area contributed by atoms with Gasteiger partial charge >= 0.3 is 5.97 Å². The topological polar surface area (TPSA) is 147 Å². The Morgan fingerprint density at radius 2 is 1.95 bits per heavy atom. The minimum absolute atomic E-state index is 0.0454. The monoisotopic (exact) mass is 360 g/mol. The fourth-order valence-corrected chi connectivity index (χ4v) is 4.88. The van der Waals surface area contributed by atoms with Crippen LogP contribution in [0, 0.1) is 0 Å². The van der Waals surface area contributed by atoms with Crippen molar-refractivity contribution in [3.8, 4) is 0 Å². The van der Waals surface area contributed by atoms with E-state index >= 15 is 0 Å². The lowest BCUT2D eigenvalue weighted by Gasteiger charge is -2.22. The average Bonchev–Trinajstić information content (AvgIpc) is 2.34. The van der Waals surface area contributed by atoms with Crippen LogP contribution in [0.4, 0.5) is 0 Å². The molecular formula is C10H20N2O6S3. The summed E-state index contributed by atoms with van der Waals surface area (Å²) in [4.78, 5) is 21.8. The maximum Gasteiger partial charge on any atom is 0.303 e. The summed E-state index contributed by atoms with van der Waals surface area (Å²) in [6, 6.07) is 0. The molecule has 0 spiro atoms. The van der Waals surface area contributed by atoms with Gasteiger partial charge < -0.3 is 5.11 Å². The fraction of sp³-hybridized carbons (Fsp3) is 0.800. The van der Waals surface area contributed by atoms with Gasteiger partial charge in [-0.1, -0.05) is 21.6 Å². The Morgan fingerprint density at radius 3 is 2.38 bits per heavy atom. The third kappa shape index (κ3) is 9.19. The van der Waals surface area contributed by atoms with Crippen molar-refractivity contribution in [3.63, 3.8) is 0 Å². The summed E-state index contributed by atoms with van der Waals surface area (Å²) in [6.45, 7) is 3.75. The van der Waals surface area contributed by atoms with Gasteiger partial charge in [0.25, 0.3) is 16.0 Å². The first-order valence-corrected chi connectivity index (χ1v) is 9.81. The predicted octanol–water partition coefficient (Wildman–Crippen LogP) is 0.648. The lowest BCUT2D eigenvalue weighted by molar-refractivity contribution is -0.137. The maximum atomic E-state index is 11.3. The van der Waals surface area contributed by atoms with E-state index in [1.54, 1.807) is 5.43 Å². The van der Waals surface area contributed by atoms with Crippen molar-refractivity contribution in [2.45, 2.75) is 43.1 Å². The Bertz CT molecular complexity index is 465. The summed E-state index contributed by atoms with van der Waals surface area (Å²) in [5.74, 6) is 3.32. The Morgan fingerprint density at radius 1 is 1.38 bits per heavy atom. The summed E-state index contributed by atoms with van der Waals surface area (Å²) >= 11 is 0. The van der Waals surface area contributed by atoms with Crippen LogP contribution in [-0.2, 0) is 19.7 Å². The van der Waals surface area contributed by atoms with Crippen LogP contribution in [0.5, 0.6) is 0 Å². The van der Waals surface area contributed by atoms with E-state index in [0.29, 0.717) is 12.2 Å². The molecule has 0 saturated carbocycles. The second kappa shape index (κ2) is 8.83. The fourth-order valence-electron chi connectivity index (χ4n) is 1.31. The molecule has 0 fully saturated rings. The number of nitrogens with two attached hydrogens (primary N) is 1. The number of carboxylic acids is 1. The summed E-state index contributed by atoms with van der Waals surface area (Å²) in [5.41, 5.74) is 1.70. The highest BCUT2D eigenvalue weighted by Crippen LogP contribution is 2.39. The number of aliphatic carboxylic acids is 1. The average molecular weight is 360 g/mol. The molecule has 0 aromatic carbocycles. The van der Waals surface area contributed by atoms with Crippen molar-refractivity contribution in [1.82, 2.24) is 5.43 Å². The molecule has 11 heteroatoms. The molecule has 0 aliphatic rings. The van der Waals surface area contributed by atoms with E-state index in [4.69, 9.17) is 15.5 Å². The van der Waals surface area contributed by atoms with E-state index in [2.05, 4.69) is 0 Å². The normalized spacial score (nSPS) is 13.7. The Labute approximate surface area is 131 Å². The van der Waals surface area contributed by atoms with Gasteiger partial charge in [0.2, 0.25) is 0 Å². The third-order valence-corrected chi connectivity index (χ3v) is 7.03. The first-order chi connectivity index (χ1) is 9.49. The molecule has 124 valence electrons. The van der Waals surface area contributed by atoms with Crippen LogP contribution >= 0.6 is 21.6 Å². The SMILES string of the molecule is CC(C)(CCC(=O)O)SSCCC(C(=O)NN)S(=O)(=O)O. The van der Waals surface area contributed by atoms with Crippen molar-refractivity contribution in [3.05, 3.63) is 0 Å². The van der Waals surface area contributed by atoms with Crippen LogP contribution in [0.2, 0.25) is 0 Å². The number of nitrogens with one attached hydrogen (secondary N) is 1. The van der Waals surface area contributed by atoms with Crippen LogP contribution < -0.4 is 11.3 Å². The summed E-state index contributed by atoms with van der Waals surface area (Å²) in [5, 5.41) is 7.03. The summed E-state index contributed by atoms with van der Waals surface area (Å²) in [7, 11) is -1.79. The highest BCUT2D eigenvalue weighted by Gasteiger charge is 2.30. The smallest absolute Gasteiger partial charge is 0.303 e. The van der Waals surface area contributed by atoms with E-state index in [0.717, 1.165) is 0 Å². The van der Waals surface area contributed by atoms with Crippen LogP contribution in [0.15, 0.2) is 0 Å². The molecule has 0 radical (unpaired) electrons. The summed E-state index contributed by atoms with van der Waals surface area (Å²) < 4.78 is 30.8. The van der Waals surface area contributed by atoms with Crippen molar-refractivity contribution >= 4 is 43.6 Å². The van der Waals surface area contributed by atoms with Crippen molar-refractivity contribution < 1.29 is 27.7 Å². The summed E-state index contributed by atoms with van der Waals surface area (Å²) in [6.07, 6.45) is 0.420. The van der Waals surface area contributed by atoms with Crippen LogP contribution in [0.1, 0.15) is 33.1 Å². The van der Waals surface area contributed by atoms with Crippen LogP contribution in [0.3, 0.4) is 0 Å². The number of carbonyl (C=O) groups excluding carboxylic acids is 1. The molecule has 0 bridgehead atoms.